The number of nitrogens with zero attached hydrogens (tertiary/aromatic N) is 1. The minimum absolute atomic E-state index is 0.136. The van der Waals surface area contributed by atoms with Crippen LogP contribution in [0.2, 0.25) is 0 Å². The highest BCUT2D eigenvalue weighted by atomic mass is 127. The SMILES string of the molecule is C/C(=N\NC(=O)c1cccc(I)c1)c1ccccc1O. The van der Waals surface area contributed by atoms with Gasteiger partial charge in [0.25, 0.3) is 5.91 Å². The fourth-order valence-electron chi connectivity index (χ4n) is 1.67. The highest BCUT2D eigenvalue weighted by Crippen LogP contribution is 2.16. The molecule has 20 heavy (non-hydrogen) atoms. The molecule has 1 amide bonds. The predicted molar refractivity (Wildman–Crippen MR) is 86.9 cm³/mol. The number of benzene rings is 2. The standard InChI is InChI=1S/C15H13IN2O2/c1-10(13-7-2-3-8-14(13)19)17-18-15(20)11-5-4-6-12(16)9-11/h2-9,19H,1H3,(H,18,20)/b17-10+. The normalized spacial score (nSPS) is 11.2. The monoisotopic (exact) mass is 380 g/mol. The number of phenolic OH excluding ortho intramolecular Hbond substituents is 1. The molecular formula is C15H13IN2O2. The molecule has 0 fully saturated rings. The zero-order chi connectivity index (χ0) is 14.5. The maximum Gasteiger partial charge on any atom is 0.271 e. The minimum atomic E-state index is -0.279. The van der Waals surface area contributed by atoms with E-state index in [0.717, 1.165) is 3.57 Å². The summed E-state index contributed by atoms with van der Waals surface area (Å²) in [5.41, 5.74) is 4.17. The van der Waals surface area contributed by atoms with Crippen molar-refractivity contribution < 1.29 is 9.90 Å². The van der Waals surface area contributed by atoms with Gasteiger partial charge < -0.3 is 5.11 Å². The Morgan fingerprint density at radius 1 is 1.20 bits per heavy atom. The van der Waals surface area contributed by atoms with E-state index in [4.69, 9.17) is 0 Å². The molecular weight excluding hydrogens is 367 g/mol. The molecule has 0 radical (unpaired) electrons. The molecule has 0 aliphatic heterocycles. The lowest BCUT2D eigenvalue weighted by Crippen LogP contribution is -2.19. The Balaban J connectivity index is 2.13. The number of carbonyl (C=O) groups is 1. The summed E-state index contributed by atoms with van der Waals surface area (Å²) in [6.07, 6.45) is 0. The Morgan fingerprint density at radius 2 is 1.95 bits per heavy atom. The van der Waals surface area contributed by atoms with E-state index in [1.54, 1.807) is 43.3 Å². The molecule has 2 aromatic rings. The lowest BCUT2D eigenvalue weighted by Gasteiger charge is -2.05. The Kier molecular flexibility index (Phi) is 4.73. The van der Waals surface area contributed by atoms with Gasteiger partial charge >= 0.3 is 0 Å². The molecule has 0 saturated heterocycles. The number of amides is 1. The summed E-state index contributed by atoms with van der Waals surface area (Å²) >= 11 is 2.15. The van der Waals surface area contributed by atoms with Crippen LogP contribution in [0.15, 0.2) is 53.6 Å². The summed E-state index contributed by atoms with van der Waals surface area (Å²) in [4.78, 5) is 11.9. The van der Waals surface area contributed by atoms with Gasteiger partial charge in [0, 0.05) is 14.7 Å². The zero-order valence-electron chi connectivity index (χ0n) is 10.8. The second-order valence-corrected chi connectivity index (χ2v) is 5.41. The first kappa shape index (κ1) is 14.5. The van der Waals surface area contributed by atoms with Crippen LogP contribution in [0.1, 0.15) is 22.8 Å². The van der Waals surface area contributed by atoms with Gasteiger partial charge in [-0.15, -0.1) is 0 Å². The molecule has 0 heterocycles. The smallest absolute Gasteiger partial charge is 0.271 e. The topological polar surface area (TPSA) is 61.7 Å². The van der Waals surface area contributed by atoms with Crippen molar-refractivity contribution in [2.24, 2.45) is 5.10 Å². The molecule has 2 rings (SSSR count). The van der Waals surface area contributed by atoms with Crippen molar-refractivity contribution in [3.63, 3.8) is 0 Å². The molecule has 102 valence electrons. The second kappa shape index (κ2) is 6.51. The molecule has 0 aliphatic carbocycles. The van der Waals surface area contributed by atoms with E-state index in [1.165, 1.54) is 0 Å². The Hall–Kier alpha value is -1.89. The maximum atomic E-state index is 11.9. The van der Waals surface area contributed by atoms with E-state index in [-0.39, 0.29) is 11.7 Å². The van der Waals surface area contributed by atoms with Crippen LogP contribution < -0.4 is 5.43 Å². The maximum absolute atomic E-state index is 11.9. The number of hydrogen-bond donors (Lipinski definition) is 2. The first-order chi connectivity index (χ1) is 9.58. The van der Waals surface area contributed by atoms with Crippen molar-refractivity contribution in [3.05, 3.63) is 63.2 Å². The average Bonchev–Trinajstić information content (AvgIpc) is 2.45. The van der Waals surface area contributed by atoms with Gasteiger partial charge in [-0.1, -0.05) is 18.2 Å². The Labute approximate surface area is 130 Å². The fourth-order valence-corrected chi connectivity index (χ4v) is 2.21. The number of halogens is 1. The van der Waals surface area contributed by atoms with E-state index in [0.29, 0.717) is 16.8 Å². The van der Waals surface area contributed by atoms with E-state index in [9.17, 15) is 9.90 Å². The van der Waals surface area contributed by atoms with E-state index >= 15 is 0 Å². The molecule has 0 spiro atoms. The van der Waals surface area contributed by atoms with Gasteiger partial charge in [0.05, 0.1) is 5.71 Å². The Bertz CT molecular complexity index is 668. The molecule has 2 aromatic carbocycles. The third-order valence-corrected chi connectivity index (χ3v) is 3.38. The van der Waals surface area contributed by atoms with Crippen LogP contribution >= 0.6 is 22.6 Å². The number of rotatable bonds is 3. The van der Waals surface area contributed by atoms with Crippen LogP contribution in [0.5, 0.6) is 5.75 Å². The van der Waals surface area contributed by atoms with Gasteiger partial charge in [0.15, 0.2) is 0 Å². The average molecular weight is 380 g/mol. The summed E-state index contributed by atoms with van der Waals surface area (Å²) in [5, 5.41) is 13.7. The van der Waals surface area contributed by atoms with Gasteiger partial charge in [-0.2, -0.15) is 5.10 Å². The van der Waals surface area contributed by atoms with Gasteiger partial charge in [0.2, 0.25) is 0 Å². The highest BCUT2D eigenvalue weighted by molar-refractivity contribution is 14.1. The zero-order valence-corrected chi connectivity index (χ0v) is 13.0. The molecule has 0 saturated carbocycles. The van der Waals surface area contributed by atoms with Gasteiger partial charge in [0.1, 0.15) is 5.75 Å². The molecule has 2 N–H and O–H groups in total. The van der Waals surface area contributed by atoms with Crippen LogP contribution in [-0.2, 0) is 0 Å². The van der Waals surface area contributed by atoms with Crippen molar-refractivity contribution in [2.45, 2.75) is 6.92 Å². The highest BCUT2D eigenvalue weighted by Gasteiger charge is 2.06. The van der Waals surface area contributed by atoms with Crippen LogP contribution in [0.25, 0.3) is 0 Å². The Morgan fingerprint density at radius 3 is 2.65 bits per heavy atom. The number of para-hydroxylation sites is 1. The van der Waals surface area contributed by atoms with Crippen molar-refractivity contribution in [2.75, 3.05) is 0 Å². The molecule has 0 bridgehead atoms. The largest absolute Gasteiger partial charge is 0.507 e. The fraction of sp³-hybridized carbons (Fsp3) is 0.0667. The quantitative estimate of drug-likeness (QED) is 0.488. The molecule has 0 aromatic heterocycles. The first-order valence-electron chi connectivity index (χ1n) is 5.96. The number of nitrogens with one attached hydrogen (secondary N) is 1. The van der Waals surface area contributed by atoms with E-state index in [1.807, 2.05) is 12.1 Å². The summed E-state index contributed by atoms with van der Waals surface area (Å²) in [7, 11) is 0. The molecule has 5 heteroatoms. The van der Waals surface area contributed by atoms with Crippen LogP contribution in [0.3, 0.4) is 0 Å². The lowest BCUT2D eigenvalue weighted by molar-refractivity contribution is 0.0954. The molecule has 4 nitrogen and oxygen atoms in total. The van der Waals surface area contributed by atoms with Gasteiger partial charge in [-0.05, 0) is 59.8 Å². The molecule has 0 aliphatic rings. The van der Waals surface area contributed by atoms with Crippen molar-refractivity contribution >= 4 is 34.2 Å². The van der Waals surface area contributed by atoms with E-state index < -0.39 is 0 Å². The summed E-state index contributed by atoms with van der Waals surface area (Å²) < 4.78 is 0.983. The number of aromatic hydroxyl groups is 1. The van der Waals surface area contributed by atoms with Crippen molar-refractivity contribution in [1.82, 2.24) is 5.43 Å². The minimum Gasteiger partial charge on any atom is -0.507 e. The van der Waals surface area contributed by atoms with Gasteiger partial charge in [-0.3, -0.25) is 4.79 Å². The third-order valence-electron chi connectivity index (χ3n) is 2.71. The molecule has 0 unspecified atom stereocenters. The summed E-state index contributed by atoms with van der Waals surface area (Å²) in [6, 6.07) is 14.1. The number of phenols is 1. The van der Waals surface area contributed by atoms with Crippen LogP contribution in [-0.4, -0.2) is 16.7 Å². The van der Waals surface area contributed by atoms with Crippen molar-refractivity contribution in [1.29, 1.82) is 0 Å². The summed E-state index contributed by atoms with van der Waals surface area (Å²) in [6.45, 7) is 1.73. The number of hydrogen-bond acceptors (Lipinski definition) is 3. The predicted octanol–water partition coefficient (Wildman–Crippen LogP) is 3.15. The van der Waals surface area contributed by atoms with Gasteiger partial charge in [-0.25, -0.2) is 5.43 Å². The first-order valence-corrected chi connectivity index (χ1v) is 7.04. The van der Waals surface area contributed by atoms with Crippen LogP contribution in [0.4, 0.5) is 0 Å². The van der Waals surface area contributed by atoms with Crippen molar-refractivity contribution in [3.8, 4) is 5.75 Å². The van der Waals surface area contributed by atoms with Crippen LogP contribution in [0, 0.1) is 3.57 Å². The molecule has 0 atom stereocenters. The number of hydrazone groups is 1. The lowest BCUT2D eigenvalue weighted by atomic mass is 10.1. The summed E-state index contributed by atoms with van der Waals surface area (Å²) in [5.74, 6) is -0.143. The second-order valence-electron chi connectivity index (χ2n) is 4.17. The third kappa shape index (κ3) is 3.57. The number of carbonyl (C=O) groups excluding carboxylic acids is 1. The van der Waals surface area contributed by atoms with E-state index in [2.05, 4.69) is 33.1 Å².